The standard InChI is InChI=1S/C23H26N2O6/c1-29-16-12-19(30-2)21(20(13-16)31-3)18(26)14-25-11-7-10-17(25)23(28)24-22(27)15-8-5-4-6-9-15/h4-6,8-9,12-13,17H,7,10-11,14H2,1-3H3,(H,24,27,28)/t17-/m0/s1. The van der Waals surface area contributed by atoms with Gasteiger partial charge in [-0.1, -0.05) is 18.2 Å². The average Bonchev–Trinajstić information content (AvgIpc) is 3.26. The van der Waals surface area contributed by atoms with Crippen molar-refractivity contribution in [3.63, 3.8) is 0 Å². The van der Waals surface area contributed by atoms with Gasteiger partial charge in [-0.05, 0) is 31.5 Å². The predicted molar refractivity (Wildman–Crippen MR) is 114 cm³/mol. The number of carbonyl (C=O) groups excluding carboxylic acids is 3. The molecule has 1 aliphatic rings. The zero-order chi connectivity index (χ0) is 22.4. The third-order valence-corrected chi connectivity index (χ3v) is 5.28. The molecule has 164 valence electrons. The van der Waals surface area contributed by atoms with Crippen molar-refractivity contribution in [2.75, 3.05) is 34.4 Å². The maximum Gasteiger partial charge on any atom is 0.257 e. The molecule has 2 aromatic carbocycles. The van der Waals surface area contributed by atoms with Crippen LogP contribution < -0.4 is 19.5 Å². The number of hydrogen-bond acceptors (Lipinski definition) is 7. The van der Waals surface area contributed by atoms with E-state index < -0.39 is 17.9 Å². The number of ketones is 1. The lowest BCUT2D eigenvalue weighted by Gasteiger charge is -2.23. The molecule has 1 aliphatic heterocycles. The first-order valence-electron chi connectivity index (χ1n) is 9.96. The Bertz CT molecular complexity index is 935. The van der Waals surface area contributed by atoms with E-state index in [9.17, 15) is 14.4 Å². The summed E-state index contributed by atoms with van der Waals surface area (Å²) in [7, 11) is 4.44. The molecular weight excluding hydrogens is 400 g/mol. The van der Waals surface area contributed by atoms with Crippen LogP contribution in [0.3, 0.4) is 0 Å². The van der Waals surface area contributed by atoms with Crippen molar-refractivity contribution in [3.8, 4) is 17.2 Å². The summed E-state index contributed by atoms with van der Waals surface area (Å²) in [6.07, 6.45) is 1.32. The lowest BCUT2D eigenvalue weighted by Crippen LogP contribution is -2.46. The second kappa shape index (κ2) is 10.1. The molecule has 0 saturated carbocycles. The third-order valence-electron chi connectivity index (χ3n) is 5.28. The molecular formula is C23H26N2O6. The fourth-order valence-electron chi connectivity index (χ4n) is 3.71. The van der Waals surface area contributed by atoms with Crippen molar-refractivity contribution in [3.05, 3.63) is 53.6 Å². The Morgan fingerprint density at radius 1 is 1.00 bits per heavy atom. The molecule has 1 heterocycles. The molecule has 0 spiro atoms. The van der Waals surface area contributed by atoms with E-state index in [1.165, 1.54) is 21.3 Å². The van der Waals surface area contributed by atoms with Crippen LogP contribution in [0.5, 0.6) is 17.2 Å². The summed E-state index contributed by atoms with van der Waals surface area (Å²) in [4.78, 5) is 40.0. The monoisotopic (exact) mass is 426 g/mol. The van der Waals surface area contributed by atoms with Crippen molar-refractivity contribution in [2.24, 2.45) is 0 Å². The number of ether oxygens (including phenoxy) is 3. The maximum absolute atomic E-state index is 13.1. The summed E-state index contributed by atoms with van der Waals surface area (Å²) in [6.45, 7) is 0.570. The highest BCUT2D eigenvalue weighted by Crippen LogP contribution is 2.35. The van der Waals surface area contributed by atoms with Crippen LogP contribution in [0.1, 0.15) is 33.6 Å². The molecule has 3 rings (SSSR count). The molecule has 0 aromatic heterocycles. The van der Waals surface area contributed by atoms with Crippen LogP contribution in [-0.4, -0.2) is 63.0 Å². The van der Waals surface area contributed by atoms with Gasteiger partial charge < -0.3 is 14.2 Å². The fourth-order valence-corrected chi connectivity index (χ4v) is 3.71. The van der Waals surface area contributed by atoms with Gasteiger partial charge in [-0.15, -0.1) is 0 Å². The number of rotatable bonds is 8. The van der Waals surface area contributed by atoms with Crippen molar-refractivity contribution in [1.82, 2.24) is 10.2 Å². The molecule has 1 N–H and O–H groups in total. The van der Waals surface area contributed by atoms with Gasteiger partial charge in [0, 0.05) is 17.7 Å². The molecule has 0 aliphatic carbocycles. The highest BCUT2D eigenvalue weighted by Gasteiger charge is 2.34. The number of likely N-dealkylation sites (tertiary alicyclic amines) is 1. The maximum atomic E-state index is 13.1. The number of amides is 2. The van der Waals surface area contributed by atoms with Crippen LogP contribution in [0.15, 0.2) is 42.5 Å². The molecule has 2 aromatic rings. The molecule has 8 heteroatoms. The van der Waals surface area contributed by atoms with Gasteiger partial charge in [-0.2, -0.15) is 0 Å². The van der Waals surface area contributed by atoms with Gasteiger partial charge in [0.25, 0.3) is 5.91 Å². The number of methoxy groups -OCH3 is 3. The Morgan fingerprint density at radius 2 is 1.65 bits per heavy atom. The van der Waals surface area contributed by atoms with E-state index in [-0.39, 0.29) is 17.9 Å². The van der Waals surface area contributed by atoms with Crippen molar-refractivity contribution in [2.45, 2.75) is 18.9 Å². The van der Waals surface area contributed by atoms with E-state index in [1.807, 2.05) is 0 Å². The molecule has 2 amide bonds. The summed E-state index contributed by atoms with van der Waals surface area (Å²) in [6, 6.07) is 11.2. The minimum absolute atomic E-state index is 0.00331. The number of Topliss-reactive ketones (excluding diaryl/α,β-unsaturated/α-hetero) is 1. The zero-order valence-corrected chi connectivity index (χ0v) is 17.8. The van der Waals surface area contributed by atoms with Gasteiger partial charge >= 0.3 is 0 Å². The molecule has 1 saturated heterocycles. The molecule has 8 nitrogen and oxygen atoms in total. The van der Waals surface area contributed by atoms with Gasteiger partial charge in [-0.3, -0.25) is 24.6 Å². The normalized spacial score (nSPS) is 15.9. The van der Waals surface area contributed by atoms with Gasteiger partial charge in [0.15, 0.2) is 5.78 Å². The minimum atomic E-state index is -0.563. The molecule has 1 atom stereocenters. The Labute approximate surface area is 181 Å². The number of hydrogen-bond donors (Lipinski definition) is 1. The number of imide groups is 1. The smallest absolute Gasteiger partial charge is 0.257 e. The Balaban J connectivity index is 1.74. The molecule has 1 fully saturated rings. The summed E-state index contributed by atoms with van der Waals surface area (Å²) in [5.74, 6) is 0.0601. The SMILES string of the molecule is COc1cc(OC)c(C(=O)CN2CCC[C@H]2C(=O)NC(=O)c2ccccc2)c(OC)c1. The topological polar surface area (TPSA) is 94.2 Å². The average molecular weight is 426 g/mol. The molecule has 0 unspecified atom stereocenters. The van der Waals surface area contributed by atoms with Crippen LogP contribution in [0.4, 0.5) is 0 Å². The quantitative estimate of drug-likeness (QED) is 0.511. The van der Waals surface area contributed by atoms with Gasteiger partial charge in [0.05, 0.1) is 33.9 Å². The number of nitrogens with one attached hydrogen (secondary N) is 1. The molecule has 0 bridgehead atoms. The van der Waals surface area contributed by atoms with Gasteiger partial charge in [0.2, 0.25) is 5.91 Å². The number of nitrogens with zero attached hydrogens (tertiary/aromatic N) is 1. The minimum Gasteiger partial charge on any atom is -0.496 e. The first-order valence-corrected chi connectivity index (χ1v) is 9.96. The van der Waals surface area contributed by atoms with E-state index in [1.54, 1.807) is 47.4 Å². The van der Waals surface area contributed by atoms with Crippen LogP contribution in [0.25, 0.3) is 0 Å². The molecule has 0 radical (unpaired) electrons. The second-order valence-corrected chi connectivity index (χ2v) is 7.14. The first kappa shape index (κ1) is 22.3. The zero-order valence-electron chi connectivity index (χ0n) is 17.8. The van der Waals surface area contributed by atoms with E-state index in [2.05, 4.69) is 5.32 Å². The predicted octanol–water partition coefficient (Wildman–Crippen LogP) is 2.32. The van der Waals surface area contributed by atoms with Crippen LogP contribution in [0.2, 0.25) is 0 Å². The lowest BCUT2D eigenvalue weighted by atomic mass is 10.1. The van der Waals surface area contributed by atoms with E-state index >= 15 is 0 Å². The first-order chi connectivity index (χ1) is 15.0. The number of benzene rings is 2. The fraction of sp³-hybridized carbons (Fsp3) is 0.348. The van der Waals surface area contributed by atoms with Crippen molar-refractivity contribution < 1.29 is 28.6 Å². The highest BCUT2D eigenvalue weighted by atomic mass is 16.5. The van der Waals surface area contributed by atoms with Crippen molar-refractivity contribution in [1.29, 1.82) is 0 Å². The summed E-state index contributed by atoms with van der Waals surface area (Å²) in [5, 5.41) is 2.44. The number of carbonyl (C=O) groups is 3. The Morgan fingerprint density at radius 3 is 2.23 bits per heavy atom. The third kappa shape index (κ3) is 5.03. The largest absolute Gasteiger partial charge is 0.496 e. The van der Waals surface area contributed by atoms with Gasteiger partial charge in [0.1, 0.15) is 22.8 Å². The van der Waals surface area contributed by atoms with E-state index in [4.69, 9.17) is 14.2 Å². The summed E-state index contributed by atoms with van der Waals surface area (Å²) in [5.41, 5.74) is 0.696. The van der Waals surface area contributed by atoms with E-state index in [0.29, 0.717) is 35.8 Å². The molecule has 31 heavy (non-hydrogen) atoms. The van der Waals surface area contributed by atoms with Crippen LogP contribution >= 0.6 is 0 Å². The lowest BCUT2D eigenvalue weighted by molar-refractivity contribution is -0.124. The summed E-state index contributed by atoms with van der Waals surface area (Å²) >= 11 is 0. The van der Waals surface area contributed by atoms with Crippen LogP contribution in [-0.2, 0) is 4.79 Å². The van der Waals surface area contributed by atoms with Crippen molar-refractivity contribution >= 4 is 17.6 Å². The van der Waals surface area contributed by atoms with E-state index in [0.717, 1.165) is 6.42 Å². The van der Waals surface area contributed by atoms with Gasteiger partial charge in [-0.25, -0.2) is 0 Å². The Kier molecular flexibility index (Phi) is 7.25. The van der Waals surface area contributed by atoms with Crippen LogP contribution in [0, 0.1) is 0 Å². The summed E-state index contributed by atoms with van der Waals surface area (Å²) < 4.78 is 16.0. The highest BCUT2D eigenvalue weighted by molar-refractivity contribution is 6.07. The Hall–Kier alpha value is -3.39. The second-order valence-electron chi connectivity index (χ2n) is 7.14.